The molecule has 2 N–H and O–H groups in total. The Labute approximate surface area is 101 Å². The molecule has 2 aromatic rings. The van der Waals surface area contributed by atoms with Gasteiger partial charge in [-0.15, -0.1) is 0 Å². The average Bonchev–Trinajstić information content (AvgIpc) is 2.39. The van der Waals surface area contributed by atoms with E-state index in [0.717, 1.165) is 43.3 Å². The molecular weight excluding hydrogens is 212 g/mol. The number of nitrogens with zero attached hydrogens (tertiary/aromatic N) is 3. The summed E-state index contributed by atoms with van der Waals surface area (Å²) >= 11 is 0. The molecule has 1 aliphatic heterocycles. The Balaban J connectivity index is 2.13. The van der Waals surface area contributed by atoms with Crippen molar-refractivity contribution in [1.82, 2.24) is 9.97 Å². The van der Waals surface area contributed by atoms with E-state index in [9.17, 15) is 0 Å². The van der Waals surface area contributed by atoms with Gasteiger partial charge >= 0.3 is 0 Å². The minimum atomic E-state index is 0.855. The number of piperazine rings is 1. The maximum absolute atomic E-state index is 4.63. The average molecular weight is 229 g/mol. The molecule has 1 aliphatic rings. The summed E-state index contributed by atoms with van der Waals surface area (Å²) in [6.07, 6.45) is 0. The highest BCUT2D eigenvalue weighted by Crippen LogP contribution is 2.23. The third kappa shape index (κ3) is 1.96. The van der Waals surface area contributed by atoms with E-state index in [-0.39, 0.29) is 0 Å². The monoisotopic (exact) mass is 229 g/mol. The van der Waals surface area contributed by atoms with Gasteiger partial charge in [-0.1, -0.05) is 12.1 Å². The Morgan fingerprint density at radius 2 is 1.88 bits per heavy atom. The van der Waals surface area contributed by atoms with E-state index >= 15 is 0 Å². The summed E-state index contributed by atoms with van der Waals surface area (Å²) in [6, 6.07) is 8.26. The zero-order chi connectivity index (χ0) is 11.7. The summed E-state index contributed by atoms with van der Waals surface area (Å²) in [5.74, 6) is 1.95. The first-order chi connectivity index (χ1) is 8.34. The SMILES string of the molecule is Cc1nc(N2CC[NH2+]CC2)c2ccccc2n1. The Morgan fingerprint density at radius 1 is 1.12 bits per heavy atom. The van der Waals surface area contributed by atoms with E-state index in [1.165, 1.54) is 5.39 Å². The van der Waals surface area contributed by atoms with Gasteiger partial charge in [0.2, 0.25) is 0 Å². The third-order valence-corrected chi connectivity index (χ3v) is 3.20. The second-order valence-electron chi connectivity index (χ2n) is 4.46. The van der Waals surface area contributed by atoms with Gasteiger partial charge in [-0.25, -0.2) is 9.97 Å². The summed E-state index contributed by atoms with van der Waals surface area (Å²) in [7, 11) is 0. The number of quaternary nitrogens is 1. The highest BCUT2D eigenvalue weighted by molar-refractivity contribution is 5.89. The fourth-order valence-electron chi connectivity index (χ4n) is 2.38. The van der Waals surface area contributed by atoms with Crippen LogP contribution in [0, 0.1) is 6.92 Å². The van der Waals surface area contributed by atoms with E-state index in [4.69, 9.17) is 0 Å². The van der Waals surface area contributed by atoms with Crippen molar-refractivity contribution in [3.8, 4) is 0 Å². The van der Waals surface area contributed by atoms with Crippen molar-refractivity contribution < 1.29 is 5.32 Å². The van der Waals surface area contributed by atoms with Crippen molar-refractivity contribution in [2.45, 2.75) is 6.92 Å². The lowest BCUT2D eigenvalue weighted by atomic mass is 10.2. The largest absolute Gasteiger partial charge is 0.345 e. The van der Waals surface area contributed by atoms with Crippen LogP contribution in [0.25, 0.3) is 10.9 Å². The molecule has 0 radical (unpaired) electrons. The first kappa shape index (κ1) is 10.5. The molecule has 4 nitrogen and oxygen atoms in total. The summed E-state index contributed by atoms with van der Waals surface area (Å²) in [5.41, 5.74) is 1.05. The molecule has 0 atom stereocenters. The lowest BCUT2D eigenvalue weighted by Crippen LogP contribution is -2.89. The van der Waals surface area contributed by atoms with Crippen molar-refractivity contribution in [2.75, 3.05) is 31.1 Å². The highest BCUT2D eigenvalue weighted by Gasteiger charge is 2.17. The number of para-hydroxylation sites is 1. The number of hydrogen-bond acceptors (Lipinski definition) is 3. The molecule has 0 bridgehead atoms. The highest BCUT2D eigenvalue weighted by atomic mass is 15.2. The van der Waals surface area contributed by atoms with Gasteiger partial charge in [0.05, 0.1) is 31.7 Å². The van der Waals surface area contributed by atoms with Crippen LogP contribution in [0.2, 0.25) is 0 Å². The predicted octanol–water partition coefficient (Wildman–Crippen LogP) is 0.322. The van der Waals surface area contributed by atoms with Gasteiger partial charge in [0.1, 0.15) is 11.6 Å². The van der Waals surface area contributed by atoms with Crippen LogP contribution in [0.5, 0.6) is 0 Å². The van der Waals surface area contributed by atoms with E-state index in [2.05, 4.69) is 38.4 Å². The maximum Gasteiger partial charge on any atom is 0.140 e. The Bertz CT molecular complexity index is 532. The Hall–Kier alpha value is -1.68. The number of nitrogens with two attached hydrogens (primary N) is 1. The zero-order valence-corrected chi connectivity index (χ0v) is 10.1. The molecule has 2 heterocycles. The standard InChI is InChI=1S/C13H16N4/c1-10-15-12-5-3-2-4-11(12)13(16-10)17-8-6-14-7-9-17/h2-5,14H,6-9H2,1H3/p+1. The van der Waals surface area contributed by atoms with E-state index in [0.29, 0.717) is 0 Å². The van der Waals surface area contributed by atoms with Crippen molar-refractivity contribution in [2.24, 2.45) is 0 Å². The van der Waals surface area contributed by atoms with Crippen LogP contribution in [0.4, 0.5) is 5.82 Å². The lowest BCUT2D eigenvalue weighted by molar-refractivity contribution is -0.655. The first-order valence-corrected chi connectivity index (χ1v) is 6.14. The number of fused-ring (bicyclic) bond motifs is 1. The second kappa shape index (κ2) is 4.30. The van der Waals surface area contributed by atoms with Gasteiger partial charge < -0.3 is 10.2 Å². The van der Waals surface area contributed by atoms with E-state index in [1.54, 1.807) is 0 Å². The molecule has 0 amide bonds. The van der Waals surface area contributed by atoms with Gasteiger partial charge in [0.15, 0.2) is 0 Å². The molecule has 0 aliphatic carbocycles. The van der Waals surface area contributed by atoms with E-state index < -0.39 is 0 Å². The van der Waals surface area contributed by atoms with Crippen LogP contribution < -0.4 is 10.2 Å². The quantitative estimate of drug-likeness (QED) is 0.766. The van der Waals surface area contributed by atoms with Gasteiger partial charge in [0, 0.05) is 5.39 Å². The molecule has 1 fully saturated rings. The summed E-state index contributed by atoms with van der Waals surface area (Å²) in [6.45, 7) is 6.40. The number of aromatic nitrogens is 2. The normalized spacial score (nSPS) is 16.4. The molecule has 17 heavy (non-hydrogen) atoms. The molecule has 4 heteroatoms. The van der Waals surface area contributed by atoms with Crippen LogP contribution in [0.3, 0.4) is 0 Å². The predicted molar refractivity (Wildman–Crippen MR) is 68.1 cm³/mol. The third-order valence-electron chi connectivity index (χ3n) is 3.20. The molecule has 1 aromatic heterocycles. The Kier molecular flexibility index (Phi) is 2.65. The summed E-state index contributed by atoms with van der Waals surface area (Å²) in [4.78, 5) is 11.5. The molecule has 88 valence electrons. The minimum absolute atomic E-state index is 0.855. The van der Waals surface area contributed by atoms with Crippen molar-refractivity contribution in [3.05, 3.63) is 30.1 Å². The molecule has 3 rings (SSSR count). The van der Waals surface area contributed by atoms with Crippen LogP contribution in [0.15, 0.2) is 24.3 Å². The van der Waals surface area contributed by atoms with Crippen LogP contribution in [0.1, 0.15) is 5.82 Å². The number of benzene rings is 1. The van der Waals surface area contributed by atoms with E-state index in [1.807, 2.05) is 13.0 Å². The van der Waals surface area contributed by atoms with Crippen molar-refractivity contribution in [1.29, 1.82) is 0 Å². The fraction of sp³-hybridized carbons (Fsp3) is 0.385. The van der Waals surface area contributed by atoms with Crippen molar-refractivity contribution in [3.63, 3.8) is 0 Å². The minimum Gasteiger partial charge on any atom is -0.345 e. The van der Waals surface area contributed by atoms with Crippen molar-refractivity contribution >= 4 is 16.7 Å². The number of hydrogen-bond donors (Lipinski definition) is 1. The Morgan fingerprint density at radius 3 is 2.71 bits per heavy atom. The lowest BCUT2D eigenvalue weighted by Gasteiger charge is -2.27. The summed E-state index contributed by atoms with van der Waals surface area (Å²) in [5, 5.41) is 3.52. The molecular formula is C13H17N4+. The van der Waals surface area contributed by atoms with Crippen LogP contribution in [-0.2, 0) is 0 Å². The number of anilines is 1. The van der Waals surface area contributed by atoms with Gasteiger partial charge in [0.25, 0.3) is 0 Å². The molecule has 1 aromatic carbocycles. The van der Waals surface area contributed by atoms with Gasteiger partial charge in [-0.05, 0) is 19.1 Å². The topological polar surface area (TPSA) is 45.6 Å². The van der Waals surface area contributed by atoms with Crippen LogP contribution in [-0.4, -0.2) is 36.1 Å². The maximum atomic E-state index is 4.63. The number of rotatable bonds is 1. The molecule has 0 saturated carbocycles. The summed E-state index contributed by atoms with van der Waals surface area (Å²) < 4.78 is 0. The van der Waals surface area contributed by atoms with Gasteiger partial charge in [-0.2, -0.15) is 0 Å². The van der Waals surface area contributed by atoms with Gasteiger partial charge in [-0.3, -0.25) is 0 Å². The molecule has 0 spiro atoms. The molecule has 0 unspecified atom stereocenters. The number of aryl methyl sites for hydroxylation is 1. The second-order valence-corrected chi connectivity index (χ2v) is 4.46. The molecule has 1 saturated heterocycles. The zero-order valence-electron chi connectivity index (χ0n) is 10.1. The van der Waals surface area contributed by atoms with Crippen LogP contribution >= 0.6 is 0 Å². The smallest absolute Gasteiger partial charge is 0.140 e. The first-order valence-electron chi connectivity index (χ1n) is 6.14. The fourth-order valence-corrected chi connectivity index (χ4v) is 2.38.